The van der Waals surface area contributed by atoms with Crippen LogP contribution >= 0.6 is 23.1 Å². The maximum atomic E-state index is 13.5. The van der Waals surface area contributed by atoms with Crippen LogP contribution < -0.4 is 20.7 Å². The fourth-order valence-electron chi connectivity index (χ4n) is 4.41. The predicted octanol–water partition coefficient (Wildman–Crippen LogP) is 7.44. The Morgan fingerprint density at radius 3 is 2.37 bits per heavy atom. The van der Waals surface area contributed by atoms with Gasteiger partial charge < -0.3 is 20.7 Å². The molecule has 0 atom stereocenters. The zero-order chi connectivity index (χ0) is 32.3. The van der Waals surface area contributed by atoms with Gasteiger partial charge in [0.15, 0.2) is 0 Å². The van der Waals surface area contributed by atoms with Crippen LogP contribution in [0.1, 0.15) is 21.5 Å². The lowest BCUT2D eigenvalue weighted by atomic mass is 10.1. The normalized spacial score (nSPS) is 10.8. The molecule has 1 heterocycles. The second-order valence-corrected chi connectivity index (χ2v) is 11.7. The molecule has 4 aromatic carbocycles. The molecule has 0 saturated heterocycles. The van der Waals surface area contributed by atoms with Gasteiger partial charge in [0.05, 0.1) is 18.4 Å². The number of anilines is 2. The van der Waals surface area contributed by atoms with Gasteiger partial charge in [0.1, 0.15) is 22.5 Å². The van der Waals surface area contributed by atoms with Gasteiger partial charge in [-0.1, -0.05) is 66.7 Å². The van der Waals surface area contributed by atoms with Crippen LogP contribution in [0.15, 0.2) is 125 Å². The van der Waals surface area contributed by atoms with Gasteiger partial charge in [-0.05, 0) is 59.7 Å². The van der Waals surface area contributed by atoms with Crippen LogP contribution in [-0.4, -0.2) is 30.6 Å². The Balaban J connectivity index is 1.26. The highest BCUT2D eigenvalue weighted by molar-refractivity contribution is 8.00. The first kappa shape index (κ1) is 31.8. The molecule has 0 aliphatic rings. The molecule has 1 aromatic heterocycles. The second-order valence-electron chi connectivity index (χ2n) is 9.80. The standard InChI is InChI=1S/C36H28N4O4S2/c1-44-28-16-8-10-24(18-28)19-32(39-34(42)26-13-6-3-7-14-26)35(43)38-27-15-9-17-29(20-27)45-23-33(41)40-36-30(21-37)31(22-46-36)25-11-4-2-5-12-25/h2-20,22H,23H2,1H3,(H,38,43)(H,39,42)(H,40,41)/b32-19-. The van der Waals surface area contributed by atoms with Crippen LogP contribution in [-0.2, 0) is 9.59 Å². The fourth-order valence-corrected chi connectivity index (χ4v) is 6.10. The molecule has 3 amide bonds. The molecular formula is C36H28N4O4S2. The number of nitrogens with one attached hydrogen (secondary N) is 3. The number of hydrogen-bond acceptors (Lipinski definition) is 7. The van der Waals surface area contributed by atoms with E-state index in [4.69, 9.17) is 4.74 Å². The highest BCUT2D eigenvalue weighted by Gasteiger charge is 2.17. The second kappa shape index (κ2) is 15.4. The van der Waals surface area contributed by atoms with E-state index in [9.17, 15) is 19.6 Å². The Morgan fingerprint density at radius 2 is 1.63 bits per heavy atom. The van der Waals surface area contributed by atoms with Crippen molar-refractivity contribution in [3.05, 3.63) is 137 Å². The minimum Gasteiger partial charge on any atom is -0.497 e. The molecule has 0 spiro atoms. The van der Waals surface area contributed by atoms with Crippen molar-refractivity contribution < 1.29 is 19.1 Å². The Kier molecular flexibility index (Phi) is 10.6. The summed E-state index contributed by atoms with van der Waals surface area (Å²) in [7, 11) is 1.55. The first-order valence-corrected chi connectivity index (χ1v) is 15.9. The molecule has 0 aliphatic heterocycles. The molecule has 46 heavy (non-hydrogen) atoms. The maximum absolute atomic E-state index is 13.5. The third-order valence-electron chi connectivity index (χ3n) is 6.64. The van der Waals surface area contributed by atoms with E-state index in [0.717, 1.165) is 16.0 Å². The number of carbonyl (C=O) groups is 3. The van der Waals surface area contributed by atoms with E-state index < -0.39 is 11.8 Å². The number of rotatable bonds is 11. The van der Waals surface area contributed by atoms with Gasteiger partial charge in [0.2, 0.25) is 5.91 Å². The lowest BCUT2D eigenvalue weighted by molar-refractivity contribution is -0.114. The Labute approximate surface area is 274 Å². The Morgan fingerprint density at radius 1 is 0.891 bits per heavy atom. The van der Waals surface area contributed by atoms with Crippen LogP contribution in [0, 0.1) is 11.3 Å². The van der Waals surface area contributed by atoms with E-state index >= 15 is 0 Å². The summed E-state index contributed by atoms with van der Waals surface area (Å²) in [6.45, 7) is 0. The van der Waals surface area contributed by atoms with E-state index in [1.165, 1.54) is 23.1 Å². The predicted molar refractivity (Wildman–Crippen MR) is 184 cm³/mol. The number of benzene rings is 4. The monoisotopic (exact) mass is 644 g/mol. The highest BCUT2D eigenvalue weighted by atomic mass is 32.2. The summed E-state index contributed by atoms with van der Waals surface area (Å²) in [5.74, 6) is -0.514. The van der Waals surface area contributed by atoms with Gasteiger partial charge in [-0.3, -0.25) is 14.4 Å². The molecule has 0 fully saturated rings. The van der Waals surface area contributed by atoms with Crippen LogP contribution in [0.25, 0.3) is 17.2 Å². The average Bonchev–Trinajstić information content (AvgIpc) is 3.50. The number of amides is 3. The molecule has 5 rings (SSSR count). The SMILES string of the molecule is COc1cccc(/C=C(\NC(=O)c2ccccc2)C(=O)Nc2cccc(SCC(=O)Nc3scc(-c4ccccc4)c3C#N)c2)c1. The number of nitrogens with zero attached hydrogens (tertiary/aromatic N) is 1. The number of ether oxygens (including phenoxy) is 1. The van der Waals surface area contributed by atoms with Gasteiger partial charge >= 0.3 is 0 Å². The van der Waals surface area contributed by atoms with Crippen molar-refractivity contribution in [2.24, 2.45) is 0 Å². The Bertz CT molecular complexity index is 1930. The number of hydrogen-bond donors (Lipinski definition) is 3. The number of thioether (sulfide) groups is 1. The number of thiophene rings is 1. The summed E-state index contributed by atoms with van der Waals surface area (Å²) in [5, 5.41) is 20.6. The lowest BCUT2D eigenvalue weighted by Gasteiger charge is -2.12. The Hall–Kier alpha value is -5.63. The largest absolute Gasteiger partial charge is 0.497 e. The van der Waals surface area contributed by atoms with Crippen LogP contribution in [0.3, 0.4) is 0 Å². The minimum atomic E-state index is -0.525. The molecule has 3 N–H and O–H groups in total. The number of methoxy groups -OCH3 is 1. The van der Waals surface area contributed by atoms with Crippen molar-refractivity contribution in [3.63, 3.8) is 0 Å². The van der Waals surface area contributed by atoms with Crippen molar-refractivity contribution in [1.29, 1.82) is 5.26 Å². The summed E-state index contributed by atoms with van der Waals surface area (Å²) < 4.78 is 5.30. The van der Waals surface area contributed by atoms with Gasteiger partial charge in [-0.25, -0.2) is 0 Å². The highest BCUT2D eigenvalue weighted by Crippen LogP contribution is 2.35. The van der Waals surface area contributed by atoms with Crippen LogP contribution in [0.2, 0.25) is 0 Å². The fraction of sp³-hybridized carbons (Fsp3) is 0.0556. The molecule has 10 heteroatoms. The summed E-state index contributed by atoms with van der Waals surface area (Å²) in [6.07, 6.45) is 1.57. The summed E-state index contributed by atoms with van der Waals surface area (Å²) in [5.41, 5.74) is 3.71. The molecule has 0 unspecified atom stereocenters. The smallest absolute Gasteiger partial charge is 0.272 e. The van der Waals surface area contributed by atoms with Gasteiger partial charge in [-0.15, -0.1) is 23.1 Å². The molecular weight excluding hydrogens is 617 g/mol. The van der Waals surface area contributed by atoms with Crippen LogP contribution in [0.5, 0.6) is 5.75 Å². The average molecular weight is 645 g/mol. The van der Waals surface area contributed by atoms with Crippen molar-refractivity contribution in [2.75, 3.05) is 23.5 Å². The van der Waals surface area contributed by atoms with Crippen molar-refractivity contribution in [2.45, 2.75) is 4.90 Å². The maximum Gasteiger partial charge on any atom is 0.272 e. The molecule has 0 aliphatic carbocycles. The number of nitriles is 1. The third-order valence-corrected chi connectivity index (χ3v) is 8.53. The number of carbonyl (C=O) groups excluding carboxylic acids is 3. The van der Waals surface area contributed by atoms with Crippen molar-refractivity contribution in [1.82, 2.24) is 5.32 Å². The molecule has 0 radical (unpaired) electrons. The molecule has 5 aromatic rings. The van der Waals surface area contributed by atoms with Crippen molar-refractivity contribution >= 4 is 57.6 Å². The zero-order valence-corrected chi connectivity index (χ0v) is 26.3. The topological polar surface area (TPSA) is 120 Å². The van der Waals surface area contributed by atoms with Gasteiger partial charge in [0.25, 0.3) is 11.8 Å². The van der Waals surface area contributed by atoms with Crippen LogP contribution in [0.4, 0.5) is 10.7 Å². The summed E-state index contributed by atoms with van der Waals surface area (Å²) in [6, 6.07) is 34.6. The van der Waals surface area contributed by atoms with Crippen molar-refractivity contribution in [3.8, 4) is 22.9 Å². The van der Waals surface area contributed by atoms with E-state index in [1.54, 1.807) is 86.0 Å². The quantitative estimate of drug-likeness (QED) is 0.102. The van der Waals surface area contributed by atoms with Gasteiger partial charge in [-0.2, -0.15) is 5.26 Å². The zero-order valence-electron chi connectivity index (χ0n) is 24.7. The first-order chi connectivity index (χ1) is 22.4. The molecule has 0 bridgehead atoms. The molecule has 228 valence electrons. The van der Waals surface area contributed by atoms with E-state index in [1.807, 2.05) is 41.8 Å². The van der Waals surface area contributed by atoms with Gasteiger partial charge in [0, 0.05) is 27.1 Å². The third kappa shape index (κ3) is 8.30. The van der Waals surface area contributed by atoms with E-state index in [-0.39, 0.29) is 17.4 Å². The lowest BCUT2D eigenvalue weighted by Crippen LogP contribution is -2.30. The molecule has 0 saturated carbocycles. The van der Waals surface area contributed by atoms with E-state index in [0.29, 0.717) is 33.1 Å². The van der Waals surface area contributed by atoms with E-state index in [2.05, 4.69) is 22.0 Å². The first-order valence-electron chi connectivity index (χ1n) is 14.1. The summed E-state index contributed by atoms with van der Waals surface area (Å²) >= 11 is 2.60. The molecule has 8 nitrogen and oxygen atoms in total. The summed E-state index contributed by atoms with van der Waals surface area (Å²) in [4.78, 5) is 40.0. The minimum absolute atomic E-state index is 0.0404.